The Morgan fingerprint density at radius 1 is 1.17 bits per heavy atom. The summed E-state index contributed by atoms with van der Waals surface area (Å²) in [6, 6.07) is 14.0. The normalized spacial score (nSPS) is 24.3. The third-order valence-electron chi connectivity index (χ3n) is 5.42. The molecule has 1 amide bonds. The Morgan fingerprint density at radius 3 is 2.55 bits per heavy atom. The lowest BCUT2D eigenvalue weighted by atomic mass is 10.0. The first-order valence-corrected chi connectivity index (χ1v) is 10.4. The minimum atomic E-state index is -1.03. The number of thioether (sulfide) groups is 1. The highest BCUT2D eigenvalue weighted by Gasteiger charge is 2.57. The number of rotatable bonds is 5. The molecule has 0 bridgehead atoms. The average molecular weight is 413 g/mol. The topological polar surface area (TPSA) is 63.7 Å². The monoisotopic (exact) mass is 413 g/mol. The number of Topliss-reactive ketones (excluding diaryl/α,β-unsaturated/α-hetero) is 1. The molecule has 0 radical (unpaired) electrons. The Bertz CT molecular complexity index is 949. The standard InChI is InChI=1S/C22H20FNO4S/c1-14(20(26)15-7-9-17(23)10-8-15)28-21(27)18-13-29-22(12-11-19(25)24(18)22)16-5-3-2-4-6-16/h2-10,14,18H,11-13H2,1H3/t14-,18-,22-/m1/s1. The van der Waals surface area contributed by atoms with Crippen molar-refractivity contribution in [2.75, 3.05) is 5.75 Å². The zero-order valence-corrected chi connectivity index (χ0v) is 16.7. The van der Waals surface area contributed by atoms with Gasteiger partial charge in [0.05, 0.1) is 0 Å². The van der Waals surface area contributed by atoms with E-state index in [9.17, 15) is 18.8 Å². The van der Waals surface area contributed by atoms with Gasteiger partial charge in [-0.2, -0.15) is 0 Å². The number of fused-ring (bicyclic) bond motifs is 1. The molecule has 4 rings (SSSR count). The molecule has 0 saturated carbocycles. The number of halogens is 1. The number of carbonyl (C=O) groups excluding carboxylic acids is 3. The lowest BCUT2D eigenvalue weighted by Crippen LogP contribution is -2.47. The molecule has 0 spiro atoms. The van der Waals surface area contributed by atoms with Crippen LogP contribution in [0.15, 0.2) is 54.6 Å². The van der Waals surface area contributed by atoms with Crippen LogP contribution in [0, 0.1) is 5.82 Å². The zero-order valence-electron chi connectivity index (χ0n) is 15.8. The van der Waals surface area contributed by atoms with Crippen LogP contribution in [0.5, 0.6) is 0 Å². The van der Waals surface area contributed by atoms with E-state index in [0.29, 0.717) is 18.6 Å². The van der Waals surface area contributed by atoms with Crippen molar-refractivity contribution < 1.29 is 23.5 Å². The SMILES string of the molecule is C[C@@H](OC(=O)[C@H]1CS[C@@]2(c3ccccc3)CCC(=O)N12)C(=O)c1ccc(F)cc1. The van der Waals surface area contributed by atoms with E-state index in [1.807, 2.05) is 30.3 Å². The molecule has 2 fully saturated rings. The van der Waals surface area contributed by atoms with Crippen molar-refractivity contribution in [2.45, 2.75) is 36.8 Å². The van der Waals surface area contributed by atoms with Crippen LogP contribution in [-0.2, 0) is 19.2 Å². The van der Waals surface area contributed by atoms with Crippen LogP contribution in [-0.4, -0.2) is 40.5 Å². The van der Waals surface area contributed by atoms with Crippen molar-refractivity contribution in [1.82, 2.24) is 4.90 Å². The van der Waals surface area contributed by atoms with Gasteiger partial charge in [-0.15, -0.1) is 11.8 Å². The van der Waals surface area contributed by atoms with Gasteiger partial charge in [0.25, 0.3) is 0 Å². The molecule has 0 unspecified atom stereocenters. The van der Waals surface area contributed by atoms with E-state index in [0.717, 1.165) is 5.56 Å². The van der Waals surface area contributed by atoms with Gasteiger partial charge in [0.1, 0.15) is 16.7 Å². The smallest absolute Gasteiger partial charge is 0.330 e. The van der Waals surface area contributed by atoms with Crippen LogP contribution < -0.4 is 0 Å². The van der Waals surface area contributed by atoms with E-state index in [2.05, 4.69) is 0 Å². The van der Waals surface area contributed by atoms with Crippen molar-refractivity contribution in [1.29, 1.82) is 0 Å². The summed E-state index contributed by atoms with van der Waals surface area (Å²) in [6.07, 6.45) is -0.0215. The molecule has 5 nitrogen and oxygen atoms in total. The fraction of sp³-hybridized carbons (Fsp3) is 0.318. The molecule has 0 aliphatic carbocycles. The highest BCUT2D eigenvalue weighted by atomic mass is 32.2. The first-order chi connectivity index (χ1) is 13.9. The van der Waals surface area contributed by atoms with Crippen LogP contribution in [0.25, 0.3) is 0 Å². The minimum absolute atomic E-state index is 0.0849. The molecule has 2 heterocycles. The molecule has 29 heavy (non-hydrogen) atoms. The van der Waals surface area contributed by atoms with Crippen molar-refractivity contribution in [2.24, 2.45) is 0 Å². The van der Waals surface area contributed by atoms with E-state index >= 15 is 0 Å². The highest BCUT2D eigenvalue weighted by molar-refractivity contribution is 8.00. The van der Waals surface area contributed by atoms with Gasteiger partial charge in [-0.25, -0.2) is 9.18 Å². The van der Waals surface area contributed by atoms with Crippen LogP contribution in [0.3, 0.4) is 0 Å². The van der Waals surface area contributed by atoms with Crippen molar-refractivity contribution >= 4 is 29.4 Å². The molecule has 3 atom stereocenters. The fourth-order valence-electron chi connectivity index (χ4n) is 3.97. The summed E-state index contributed by atoms with van der Waals surface area (Å²) < 4.78 is 18.5. The number of esters is 1. The molecule has 2 aliphatic heterocycles. The maximum atomic E-state index is 13.1. The van der Waals surface area contributed by atoms with Gasteiger partial charge in [-0.3, -0.25) is 9.59 Å². The number of ether oxygens (including phenoxy) is 1. The van der Waals surface area contributed by atoms with Gasteiger partial charge >= 0.3 is 5.97 Å². The molecule has 2 aromatic carbocycles. The molecule has 0 aromatic heterocycles. The van der Waals surface area contributed by atoms with Gasteiger partial charge in [-0.05, 0) is 43.2 Å². The molecular weight excluding hydrogens is 393 g/mol. The number of amides is 1. The van der Waals surface area contributed by atoms with Crippen LogP contribution >= 0.6 is 11.8 Å². The third-order valence-corrected chi connectivity index (χ3v) is 7.01. The molecule has 2 aliphatic rings. The Morgan fingerprint density at radius 2 is 1.86 bits per heavy atom. The van der Waals surface area contributed by atoms with Crippen LogP contribution in [0.4, 0.5) is 4.39 Å². The molecule has 150 valence electrons. The van der Waals surface area contributed by atoms with Crippen LogP contribution in [0.1, 0.15) is 35.7 Å². The molecule has 0 N–H and O–H groups in total. The summed E-state index contributed by atoms with van der Waals surface area (Å²) in [5.74, 6) is -1.12. The van der Waals surface area contributed by atoms with Gasteiger partial charge in [0, 0.05) is 17.7 Å². The molecule has 2 saturated heterocycles. The summed E-state index contributed by atoms with van der Waals surface area (Å²) in [7, 11) is 0. The second-order valence-electron chi connectivity index (χ2n) is 7.19. The summed E-state index contributed by atoms with van der Waals surface area (Å²) in [5.41, 5.74) is 1.25. The van der Waals surface area contributed by atoms with Crippen LogP contribution in [0.2, 0.25) is 0 Å². The Balaban J connectivity index is 1.51. The second kappa shape index (κ2) is 7.63. The highest BCUT2D eigenvalue weighted by Crippen LogP contribution is 2.54. The van der Waals surface area contributed by atoms with E-state index in [4.69, 9.17) is 4.74 Å². The number of carbonyl (C=O) groups is 3. The van der Waals surface area contributed by atoms with E-state index in [1.165, 1.54) is 31.2 Å². The Hall–Kier alpha value is -2.67. The summed E-state index contributed by atoms with van der Waals surface area (Å²) >= 11 is 1.56. The first kappa shape index (κ1) is 19.6. The van der Waals surface area contributed by atoms with Crippen molar-refractivity contribution in [3.63, 3.8) is 0 Å². The Labute approximate surface area is 172 Å². The van der Waals surface area contributed by atoms with Gasteiger partial charge in [0.15, 0.2) is 6.10 Å². The Kier molecular flexibility index (Phi) is 5.17. The van der Waals surface area contributed by atoms with Crippen molar-refractivity contribution in [3.8, 4) is 0 Å². The number of benzene rings is 2. The maximum Gasteiger partial charge on any atom is 0.330 e. The molecule has 7 heteroatoms. The summed E-state index contributed by atoms with van der Waals surface area (Å²) in [6.45, 7) is 1.49. The summed E-state index contributed by atoms with van der Waals surface area (Å²) in [5, 5.41) is 0. The lowest BCUT2D eigenvalue weighted by Gasteiger charge is -2.33. The zero-order chi connectivity index (χ0) is 20.6. The quantitative estimate of drug-likeness (QED) is 0.554. The fourth-order valence-corrected chi connectivity index (χ4v) is 5.61. The minimum Gasteiger partial charge on any atom is -0.453 e. The molecule has 2 aromatic rings. The third kappa shape index (κ3) is 3.44. The van der Waals surface area contributed by atoms with E-state index in [1.54, 1.807) is 16.7 Å². The number of hydrogen-bond donors (Lipinski definition) is 0. The van der Waals surface area contributed by atoms with Crippen molar-refractivity contribution in [3.05, 3.63) is 71.5 Å². The maximum absolute atomic E-state index is 13.1. The number of nitrogens with zero attached hydrogens (tertiary/aromatic N) is 1. The number of ketones is 1. The largest absolute Gasteiger partial charge is 0.453 e. The van der Waals surface area contributed by atoms with Gasteiger partial charge < -0.3 is 9.64 Å². The second-order valence-corrected chi connectivity index (χ2v) is 8.49. The predicted octanol–water partition coefficient (Wildman–Crippen LogP) is 3.53. The van der Waals surface area contributed by atoms with E-state index < -0.39 is 34.6 Å². The van der Waals surface area contributed by atoms with Gasteiger partial charge in [-0.1, -0.05) is 30.3 Å². The first-order valence-electron chi connectivity index (χ1n) is 9.44. The number of hydrogen-bond acceptors (Lipinski definition) is 5. The van der Waals surface area contributed by atoms with Gasteiger partial charge in [0.2, 0.25) is 11.7 Å². The summed E-state index contributed by atoms with van der Waals surface area (Å²) in [4.78, 5) is 39.1. The van der Waals surface area contributed by atoms with E-state index in [-0.39, 0.29) is 11.5 Å². The molecular formula is C22H20FNO4S. The lowest BCUT2D eigenvalue weighted by molar-refractivity contribution is -0.156. The predicted molar refractivity (Wildman–Crippen MR) is 107 cm³/mol. The average Bonchev–Trinajstić information content (AvgIpc) is 3.28.